The Morgan fingerprint density at radius 1 is 1.25 bits per heavy atom. The second-order valence-electron chi connectivity index (χ2n) is 5.90. The van der Waals surface area contributed by atoms with Gasteiger partial charge in [-0.3, -0.25) is 0 Å². The molecule has 0 bridgehead atoms. The molecule has 0 radical (unpaired) electrons. The van der Waals surface area contributed by atoms with Crippen molar-refractivity contribution in [2.75, 3.05) is 0 Å². The van der Waals surface area contributed by atoms with Gasteiger partial charge in [0.2, 0.25) is 0 Å². The third-order valence-corrected chi connectivity index (χ3v) is 3.87. The van der Waals surface area contributed by atoms with E-state index >= 15 is 0 Å². The lowest BCUT2D eigenvalue weighted by Crippen LogP contribution is -2.22. The summed E-state index contributed by atoms with van der Waals surface area (Å²) in [5.41, 5.74) is 1.46. The maximum atomic E-state index is 11.2. The van der Waals surface area contributed by atoms with Gasteiger partial charge in [0.15, 0.2) is 0 Å². The molecule has 0 aliphatic carbocycles. The average Bonchev–Trinajstić information content (AvgIpc) is 2.77. The predicted octanol–water partition coefficient (Wildman–Crippen LogP) is 3.06. The van der Waals surface area contributed by atoms with Crippen LogP contribution in [0.3, 0.4) is 0 Å². The summed E-state index contributed by atoms with van der Waals surface area (Å²) in [5, 5.41) is 17.4. The molecule has 5 nitrogen and oxygen atoms in total. The molecular formula is C15H21N3O2. The number of aromatic carboxylic acids is 1. The van der Waals surface area contributed by atoms with E-state index in [1.54, 1.807) is 12.1 Å². The number of aromatic nitrogens is 3. The van der Waals surface area contributed by atoms with Crippen molar-refractivity contribution in [1.82, 2.24) is 15.0 Å². The summed E-state index contributed by atoms with van der Waals surface area (Å²) < 4.78 is 1.83. The predicted molar refractivity (Wildman–Crippen MR) is 77.7 cm³/mol. The third kappa shape index (κ3) is 2.66. The van der Waals surface area contributed by atoms with E-state index in [1.165, 1.54) is 0 Å². The Hall–Kier alpha value is -1.91. The molecule has 2 rings (SSSR count). The van der Waals surface area contributed by atoms with Gasteiger partial charge in [0, 0.05) is 6.54 Å². The third-order valence-electron chi connectivity index (χ3n) is 3.87. The van der Waals surface area contributed by atoms with E-state index < -0.39 is 5.97 Å². The zero-order valence-electron chi connectivity index (χ0n) is 12.4. The fourth-order valence-electron chi connectivity index (χ4n) is 2.69. The largest absolute Gasteiger partial charge is 0.478 e. The van der Waals surface area contributed by atoms with Crippen LogP contribution >= 0.6 is 0 Å². The maximum absolute atomic E-state index is 11.2. The maximum Gasteiger partial charge on any atom is 0.338 e. The Balaban J connectivity index is 2.41. The molecule has 2 aromatic rings. The lowest BCUT2D eigenvalue weighted by molar-refractivity contribution is 0.0699. The van der Waals surface area contributed by atoms with Crippen LogP contribution in [0.2, 0.25) is 0 Å². The Morgan fingerprint density at radius 2 is 1.90 bits per heavy atom. The van der Waals surface area contributed by atoms with E-state index in [0.29, 0.717) is 23.3 Å². The summed E-state index contributed by atoms with van der Waals surface area (Å²) in [5.74, 6) is 0.592. The number of carboxylic acid groups (broad SMARTS) is 1. The van der Waals surface area contributed by atoms with Crippen LogP contribution in [0.4, 0.5) is 0 Å². The minimum Gasteiger partial charge on any atom is -0.478 e. The number of nitrogens with zero attached hydrogens (tertiary/aromatic N) is 3. The summed E-state index contributed by atoms with van der Waals surface area (Å²) in [4.78, 5) is 11.2. The molecule has 0 amide bonds. The van der Waals surface area contributed by atoms with Crippen LogP contribution in [-0.4, -0.2) is 26.1 Å². The van der Waals surface area contributed by atoms with Crippen molar-refractivity contribution in [2.24, 2.45) is 17.8 Å². The van der Waals surface area contributed by atoms with Crippen LogP contribution in [0.1, 0.15) is 38.1 Å². The van der Waals surface area contributed by atoms with E-state index in [0.717, 1.165) is 12.1 Å². The van der Waals surface area contributed by atoms with Crippen LogP contribution in [0.5, 0.6) is 0 Å². The van der Waals surface area contributed by atoms with Gasteiger partial charge in [-0.25, -0.2) is 9.48 Å². The van der Waals surface area contributed by atoms with Gasteiger partial charge >= 0.3 is 5.97 Å². The monoisotopic (exact) mass is 275 g/mol. The summed E-state index contributed by atoms with van der Waals surface area (Å²) in [7, 11) is 0. The quantitative estimate of drug-likeness (QED) is 0.910. The molecule has 0 spiro atoms. The van der Waals surface area contributed by atoms with Gasteiger partial charge in [-0.15, -0.1) is 5.10 Å². The van der Waals surface area contributed by atoms with Gasteiger partial charge in [0.05, 0.1) is 11.1 Å². The van der Waals surface area contributed by atoms with Gasteiger partial charge < -0.3 is 5.11 Å². The highest BCUT2D eigenvalue weighted by Crippen LogP contribution is 2.24. The molecular weight excluding hydrogens is 254 g/mol. The van der Waals surface area contributed by atoms with Gasteiger partial charge in [0.1, 0.15) is 5.52 Å². The van der Waals surface area contributed by atoms with E-state index in [1.807, 2.05) is 10.7 Å². The molecule has 0 aliphatic rings. The molecule has 1 aromatic heterocycles. The zero-order chi connectivity index (χ0) is 14.9. The molecule has 5 heteroatoms. The Bertz CT molecular complexity index is 609. The molecule has 1 heterocycles. The van der Waals surface area contributed by atoms with Crippen molar-refractivity contribution in [3.05, 3.63) is 23.8 Å². The topological polar surface area (TPSA) is 68.0 Å². The molecule has 20 heavy (non-hydrogen) atoms. The van der Waals surface area contributed by atoms with Crippen molar-refractivity contribution in [1.29, 1.82) is 0 Å². The first-order valence-corrected chi connectivity index (χ1v) is 6.97. The Labute approximate surface area is 118 Å². The van der Waals surface area contributed by atoms with E-state index in [2.05, 4.69) is 38.0 Å². The number of benzene rings is 1. The Morgan fingerprint density at radius 3 is 2.45 bits per heavy atom. The van der Waals surface area contributed by atoms with E-state index in [9.17, 15) is 9.90 Å². The second kappa shape index (κ2) is 5.61. The summed E-state index contributed by atoms with van der Waals surface area (Å²) in [6.45, 7) is 9.56. The van der Waals surface area contributed by atoms with E-state index in [4.69, 9.17) is 0 Å². The van der Waals surface area contributed by atoms with E-state index in [-0.39, 0.29) is 5.56 Å². The number of fused-ring (bicyclic) bond motifs is 1. The minimum absolute atomic E-state index is 0.208. The number of rotatable bonds is 5. The SMILES string of the molecule is CC(C)C(Cn1nnc2c(C(=O)O)cccc21)C(C)C. The minimum atomic E-state index is -0.966. The number of hydrogen-bond donors (Lipinski definition) is 1. The van der Waals surface area contributed by atoms with Crippen molar-refractivity contribution >= 4 is 17.0 Å². The van der Waals surface area contributed by atoms with Gasteiger partial charge in [-0.05, 0) is 29.9 Å². The summed E-state index contributed by atoms with van der Waals surface area (Å²) in [6.07, 6.45) is 0. The van der Waals surface area contributed by atoms with Crippen LogP contribution < -0.4 is 0 Å². The van der Waals surface area contributed by atoms with Crippen molar-refractivity contribution in [3.63, 3.8) is 0 Å². The van der Waals surface area contributed by atoms with Crippen molar-refractivity contribution in [3.8, 4) is 0 Å². The zero-order valence-corrected chi connectivity index (χ0v) is 12.4. The fourth-order valence-corrected chi connectivity index (χ4v) is 2.69. The standard InChI is InChI=1S/C15H21N3O2/c1-9(2)12(10(3)4)8-18-13-7-5-6-11(15(19)20)14(13)16-17-18/h5-7,9-10,12H,8H2,1-4H3,(H,19,20). The van der Waals surface area contributed by atoms with Crippen LogP contribution in [0.15, 0.2) is 18.2 Å². The molecule has 0 saturated carbocycles. The van der Waals surface area contributed by atoms with Crippen molar-refractivity contribution in [2.45, 2.75) is 34.2 Å². The van der Waals surface area contributed by atoms with Crippen LogP contribution in [0.25, 0.3) is 11.0 Å². The lowest BCUT2D eigenvalue weighted by Gasteiger charge is -2.24. The number of carbonyl (C=O) groups is 1. The van der Waals surface area contributed by atoms with Gasteiger partial charge in [-0.2, -0.15) is 0 Å². The average molecular weight is 275 g/mol. The summed E-state index contributed by atoms with van der Waals surface area (Å²) in [6, 6.07) is 5.18. The van der Waals surface area contributed by atoms with Gasteiger partial charge in [-0.1, -0.05) is 39.0 Å². The number of carboxylic acids is 1. The molecule has 0 fully saturated rings. The molecule has 108 valence electrons. The number of hydrogen-bond acceptors (Lipinski definition) is 3. The highest BCUT2D eigenvalue weighted by molar-refractivity contribution is 6.00. The smallest absolute Gasteiger partial charge is 0.338 e. The van der Waals surface area contributed by atoms with Gasteiger partial charge in [0.25, 0.3) is 0 Å². The van der Waals surface area contributed by atoms with Crippen LogP contribution in [0, 0.1) is 17.8 Å². The Kier molecular flexibility index (Phi) is 4.06. The molecule has 0 saturated heterocycles. The lowest BCUT2D eigenvalue weighted by atomic mass is 9.85. The first-order chi connectivity index (χ1) is 9.41. The van der Waals surface area contributed by atoms with Crippen molar-refractivity contribution < 1.29 is 9.90 Å². The fraction of sp³-hybridized carbons (Fsp3) is 0.533. The second-order valence-corrected chi connectivity index (χ2v) is 5.90. The molecule has 0 unspecified atom stereocenters. The highest BCUT2D eigenvalue weighted by atomic mass is 16.4. The molecule has 1 aromatic carbocycles. The molecule has 0 atom stereocenters. The normalized spacial score (nSPS) is 11.9. The van der Waals surface area contributed by atoms with Crippen LogP contribution in [-0.2, 0) is 6.54 Å². The molecule has 0 aliphatic heterocycles. The first-order valence-electron chi connectivity index (χ1n) is 6.97. The molecule has 1 N–H and O–H groups in total. The first kappa shape index (κ1) is 14.5. The highest BCUT2D eigenvalue weighted by Gasteiger charge is 2.21. The summed E-state index contributed by atoms with van der Waals surface area (Å²) >= 11 is 0.